The van der Waals surface area contributed by atoms with Gasteiger partial charge >= 0.3 is 0 Å². The second-order valence-corrected chi connectivity index (χ2v) is 13.5. The van der Waals surface area contributed by atoms with Crippen LogP contribution in [0, 0.1) is 40.4 Å². The average molecular weight is 543 g/mol. The highest BCUT2D eigenvalue weighted by molar-refractivity contribution is 14.1. The Morgan fingerprint density at radius 1 is 1.13 bits per heavy atom. The number of halogens is 1. The first-order chi connectivity index (χ1) is 14.6. The van der Waals surface area contributed by atoms with E-state index in [0.29, 0.717) is 16.7 Å². The number of hydrogen-bond acceptors (Lipinski definition) is 2. The van der Waals surface area contributed by atoms with Crippen molar-refractivity contribution in [3.8, 4) is 0 Å². The minimum atomic E-state index is -0.515. The van der Waals surface area contributed by atoms with E-state index < -0.39 is 5.60 Å². The SMILES string of the molecule is CC(C)CCCC[C@](C)(O)C1CCC2C3CC=C4CC(O)CC[C@]4(CI)C3CC[C@@]21C. The molecule has 0 saturated heterocycles. The molecule has 0 amide bonds. The fraction of sp³-hybridized carbons (Fsp3) is 0.929. The fourth-order valence-electron chi connectivity index (χ4n) is 8.92. The quantitative estimate of drug-likeness (QED) is 0.153. The maximum atomic E-state index is 11.7. The van der Waals surface area contributed by atoms with E-state index in [0.717, 1.165) is 42.9 Å². The van der Waals surface area contributed by atoms with Crippen molar-refractivity contribution in [1.82, 2.24) is 0 Å². The lowest BCUT2D eigenvalue weighted by atomic mass is 9.46. The van der Waals surface area contributed by atoms with Gasteiger partial charge in [0.05, 0.1) is 11.7 Å². The molecule has 0 aliphatic heterocycles. The van der Waals surface area contributed by atoms with Crippen LogP contribution in [0.3, 0.4) is 0 Å². The third-order valence-corrected chi connectivity index (χ3v) is 11.9. The largest absolute Gasteiger partial charge is 0.393 e. The summed E-state index contributed by atoms with van der Waals surface area (Å²) in [4.78, 5) is 0. The first-order valence-electron chi connectivity index (χ1n) is 13.3. The van der Waals surface area contributed by atoms with Crippen LogP contribution in [-0.2, 0) is 0 Å². The number of unbranched alkanes of at least 4 members (excludes halogenated alkanes) is 1. The van der Waals surface area contributed by atoms with Gasteiger partial charge in [0, 0.05) is 9.84 Å². The number of aliphatic hydroxyl groups excluding tert-OH is 1. The molecule has 4 aliphatic carbocycles. The number of fused-ring (bicyclic) bond motifs is 5. The summed E-state index contributed by atoms with van der Waals surface area (Å²) in [5, 5.41) is 22.0. The first kappa shape index (κ1) is 24.5. The second kappa shape index (κ2) is 9.21. The molecule has 4 aliphatic rings. The van der Waals surface area contributed by atoms with Crippen LogP contribution in [0.4, 0.5) is 0 Å². The van der Waals surface area contributed by atoms with Gasteiger partial charge in [0.15, 0.2) is 0 Å². The molecule has 3 fully saturated rings. The highest BCUT2D eigenvalue weighted by Gasteiger charge is 2.61. The minimum absolute atomic E-state index is 0.116. The predicted octanol–water partition coefficient (Wildman–Crippen LogP) is 7.31. The zero-order valence-corrected chi connectivity index (χ0v) is 22.7. The molecule has 3 heteroatoms. The molecule has 0 aromatic heterocycles. The number of rotatable bonds is 7. The van der Waals surface area contributed by atoms with Crippen LogP contribution in [0.15, 0.2) is 11.6 Å². The van der Waals surface area contributed by atoms with Gasteiger partial charge in [-0.1, -0.05) is 74.3 Å². The van der Waals surface area contributed by atoms with Gasteiger partial charge in [-0.3, -0.25) is 0 Å². The van der Waals surface area contributed by atoms with Crippen LogP contribution in [0.25, 0.3) is 0 Å². The monoisotopic (exact) mass is 542 g/mol. The number of aliphatic hydroxyl groups is 2. The van der Waals surface area contributed by atoms with E-state index in [-0.39, 0.29) is 6.10 Å². The van der Waals surface area contributed by atoms with E-state index in [2.05, 4.69) is 56.4 Å². The second-order valence-electron chi connectivity index (χ2n) is 12.7. The number of hydrogen-bond donors (Lipinski definition) is 2. The van der Waals surface area contributed by atoms with Crippen molar-refractivity contribution in [2.75, 3.05) is 4.43 Å². The first-order valence-corrected chi connectivity index (χ1v) is 14.8. The highest BCUT2D eigenvalue weighted by atomic mass is 127. The molecule has 0 aromatic carbocycles. The van der Waals surface area contributed by atoms with Crippen molar-refractivity contribution in [2.24, 2.45) is 40.4 Å². The van der Waals surface area contributed by atoms with Crippen LogP contribution in [0.5, 0.6) is 0 Å². The summed E-state index contributed by atoms with van der Waals surface area (Å²) in [5.41, 5.74) is 1.73. The molecule has 4 rings (SSSR count). The summed E-state index contributed by atoms with van der Waals surface area (Å²) in [6.45, 7) is 9.33. The average Bonchev–Trinajstić information content (AvgIpc) is 3.09. The third kappa shape index (κ3) is 4.31. The van der Waals surface area contributed by atoms with Crippen LogP contribution in [0.1, 0.15) is 105 Å². The topological polar surface area (TPSA) is 40.5 Å². The minimum Gasteiger partial charge on any atom is -0.393 e. The van der Waals surface area contributed by atoms with Crippen LogP contribution < -0.4 is 0 Å². The Morgan fingerprint density at radius 2 is 1.90 bits per heavy atom. The van der Waals surface area contributed by atoms with E-state index in [1.54, 1.807) is 5.57 Å². The summed E-state index contributed by atoms with van der Waals surface area (Å²) < 4.78 is 1.21. The van der Waals surface area contributed by atoms with Crippen molar-refractivity contribution in [3.63, 3.8) is 0 Å². The molecule has 178 valence electrons. The standard InChI is InChI=1S/C28H47IO2/c1-19(2)7-5-6-14-27(4,31)25-11-10-23-22-9-8-20-17-21(30)12-16-28(20,18-29)24(22)13-15-26(23,25)3/h8,19,21-25,30-31H,5-7,9-18H2,1-4H3/t21?,22?,23?,24?,25?,26-,27-,28+/m0/s1. The Balaban J connectivity index is 1.51. The van der Waals surface area contributed by atoms with Crippen molar-refractivity contribution >= 4 is 22.6 Å². The smallest absolute Gasteiger partial charge is 0.0653 e. The van der Waals surface area contributed by atoms with Gasteiger partial charge < -0.3 is 10.2 Å². The van der Waals surface area contributed by atoms with Gasteiger partial charge in [-0.05, 0) is 99.7 Å². The maximum absolute atomic E-state index is 11.7. The van der Waals surface area contributed by atoms with Gasteiger partial charge in [0.2, 0.25) is 0 Å². The van der Waals surface area contributed by atoms with Crippen molar-refractivity contribution in [3.05, 3.63) is 11.6 Å². The van der Waals surface area contributed by atoms with Crippen molar-refractivity contribution in [1.29, 1.82) is 0 Å². The van der Waals surface area contributed by atoms with Gasteiger partial charge in [-0.2, -0.15) is 0 Å². The summed E-state index contributed by atoms with van der Waals surface area (Å²) in [6.07, 6.45) is 16.6. The summed E-state index contributed by atoms with van der Waals surface area (Å²) in [5.74, 6) is 3.57. The van der Waals surface area contributed by atoms with Gasteiger partial charge in [0.1, 0.15) is 0 Å². The molecule has 0 radical (unpaired) electrons. The lowest BCUT2D eigenvalue weighted by Crippen LogP contribution is -2.54. The Hall–Kier alpha value is 0.390. The molecular weight excluding hydrogens is 495 g/mol. The molecule has 0 heterocycles. The third-order valence-electron chi connectivity index (χ3n) is 10.5. The predicted molar refractivity (Wildman–Crippen MR) is 138 cm³/mol. The van der Waals surface area contributed by atoms with E-state index >= 15 is 0 Å². The van der Waals surface area contributed by atoms with E-state index in [4.69, 9.17) is 0 Å². The molecule has 5 unspecified atom stereocenters. The van der Waals surface area contributed by atoms with Gasteiger partial charge in [-0.15, -0.1) is 0 Å². The van der Waals surface area contributed by atoms with Crippen LogP contribution in [0.2, 0.25) is 0 Å². The zero-order valence-electron chi connectivity index (χ0n) is 20.5. The van der Waals surface area contributed by atoms with Crippen molar-refractivity contribution in [2.45, 2.75) is 116 Å². The Labute approximate surface area is 205 Å². The summed E-state index contributed by atoms with van der Waals surface area (Å²) in [7, 11) is 0. The highest BCUT2D eigenvalue weighted by Crippen LogP contribution is 2.68. The molecule has 31 heavy (non-hydrogen) atoms. The molecule has 2 N–H and O–H groups in total. The molecule has 0 spiro atoms. The number of alkyl halides is 1. The molecule has 8 atom stereocenters. The Kier molecular flexibility index (Phi) is 7.28. The zero-order chi connectivity index (χ0) is 22.4. The lowest BCUT2D eigenvalue weighted by Gasteiger charge is -2.59. The molecular formula is C28H47IO2. The molecule has 2 nitrogen and oxygen atoms in total. The van der Waals surface area contributed by atoms with Crippen LogP contribution >= 0.6 is 22.6 Å². The van der Waals surface area contributed by atoms with E-state index in [1.165, 1.54) is 62.2 Å². The molecule has 0 bridgehead atoms. The van der Waals surface area contributed by atoms with E-state index in [1.807, 2.05) is 0 Å². The number of allylic oxidation sites excluding steroid dienone is 1. The van der Waals surface area contributed by atoms with Gasteiger partial charge in [-0.25, -0.2) is 0 Å². The Bertz CT molecular complexity index is 670. The molecule has 3 saturated carbocycles. The van der Waals surface area contributed by atoms with Crippen molar-refractivity contribution < 1.29 is 10.2 Å². The summed E-state index contributed by atoms with van der Waals surface area (Å²) in [6, 6.07) is 0. The Morgan fingerprint density at radius 3 is 2.61 bits per heavy atom. The van der Waals surface area contributed by atoms with Crippen LogP contribution in [-0.4, -0.2) is 26.3 Å². The maximum Gasteiger partial charge on any atom is 0.0653 e. The lowest BCUT2D eigenvalue weighted by molar-refractivity contribution is -0.104. The summed E-state index contributed by atoms with van der Waals surface area (Å²) >= 11 is 2.65. The fourth-order valence-corrected chi connectivity index (χ4v) is 10.4. The molecule has 0 aromatic rings. The van der Waals surface area contributed by atoms with E-state index in [9.17, 15) is 10.2 Å². The van der Waals surface area contributed by atoms with Gasteiger partial charge in [0.25, 0.3) is 0 Å². The normalized spacial score (nSPS) is 44.3.